The molecule has 0 unspecified atom stereocenters. The minimum atomic E-state index is 0.530. The van der Waals surface area contributed by atoms with Gasteiger partial charge in [-0.2, -0.15) is 0 Å². The van der Waals surface area contributed by atoms with Crippen molar-refractivity contribution in [1.82, 2.24) is 10.2 Å². The molecule has 0 saturated carbocycles. The van der Waals surface area contributed by atoms with E-state index in [-0.39, 0.29) is 0 Å². The third-order valence-corrected chi connectivity index (χ3v) is 1.29. The molecule has 0 aromatic carbocycles. The molecular weight excluding hydrogens is 144 g/mol. The van der Waals surface area contributed by atoms with E-state index in [1.54, 1.807) is 4.90 Å². The van der Waals surface area contributed by atoms with Crippen LogP contribution in [0.1, 0.15) is 13.3 Å². The Morgan fingerprint density at radius 1 is 1.36 bits per heavy atom. The monoisotopic (exact) mass is 158 g/mol. The van der Waals surface area contributed by atoms with Crippen molar-refractivity contribution < 1.29 is 9.59 Å². The number of hydrogen-bond acceptors (Lipinski definition) is 2. The fraction of sp³-hybridized carbons (Fsp3) is 0.714. The summed E-state index contributed by atoms with van der Waals surface area (Å²) in [4.78, 5) is 21.7. The quantitative estimate of drug-likeness (QED) is 0.405. The minimum absolute atomic E-state index is 0.530. The van der Waals surface area contributed by atoms with E-state index in [2.05, 4.69) is 5.32 Å². The molecule has 0 atom stereocenters. The molecule has 0 spiro atoms. The van der Waals surface area contributed by atoms with Crippen LogP contribution in [0.2, 0.25) is 0 Å². The van der Waals surface area contributed by atoms with Crippen molar-refractivity contribution >= 4 is 12.8 Å². The molecule has 0 fully saturated rings. The van der Waals surface area contributed by atoms with E-state index < -0.39 is 0 Å². The third kappa shape index (κ3) is 5.39. The van der Waals surface area contributed by atoms with Crippen molar-refractivity contribution in [3.63, 3.8) is 0 Å². The Labute approximate surface area is 66.6 Å². The smallest absolute Gasteiger partial charge is 0.209 e. The molecule has 4 nitrogen and oxygen atoms in total. The summed E-state index contributed by atoms with van der Waals surface area (Å²) in [6, 6.07) is 0. The molecule has 2 amide bonds. The summed E-state index contributed by atoms with van der Waals surface area (Å²) in [5, 5.41) is 2.49. The predicted octanol–water partition coefficient (Wildman–Crippen LogP) is -0.399. The van der Waals surface area contributed by atoms with E-state index in [0.29, 0.717) is 19.5 Å². The summed E-state index contributed by atoms with van der Waals surface area (Å²) < 4.78 is 0. The summed E-state index contributed by atoms with van der Waals surface area (Å²) in [6.07, 6.45) is 2.38. The van der Waals surface area contributed by atoms with E-state index >= 15 is 0 Å². The van der Waals surface area contributed by atoms with Gasteiger partial charge < -0.3 is 10.2 Å². The summed E-state index contributed by atoms with van der Waals surface area (Å²) in [7, 11) is 0. The second-order valence-corrected chi connectivity index (χ2v) is 2.21. The van der Waals surface area contributed by atoms with Gasteiger partial charge in [0.05, 0.1) is 0 Å². The van der Waals surface area contributed by atoms with Crippen LogP contribution in [0.15, 0.2) is 0 Å². The van der Waals surface area contributed by atoms with Gasteiger partial charge in [-0.05, 0) is 6.42 Å². The van der Waals surface area contributed by atoms with E-state index in [1.165, 1.54) is 0 Å². The maximum Gasteiger partial charge on any atom is 0.209 e. The lowest BCUT2D eigenvalue weighted by molar-refractivity contribution is -0.118. The van der Waals surface area contributed by atoms with Gasteiger partial charge in [-0.25, -0.2) is 0 Å². The molecule has 0 bridgehead atoms. The maximum atomic E-state index is 10.3. The van der Waals surface area contributed by atoms with Gasteiger partial charge >= 0.3 is 0 Å². The summed E-state index contributed by atoms with van der Waals surface area (Å²) in [5.41, 5.74) is 0. The van der Waals surface area contributed by atoms with E-state index in [9.17, 15) is 9.59 Å². The van der Waals surface area contributed by atoms with Crippen molar-refractivity contribution in [2.75, 3.05) is 19.6 Å². The summed E-state index contributed by atoms with van der Waals surface area (Å²) >= 11 is 0. The van der Waals surface area contributed by atoms with E-state index in [1.807, 2.05) is 6.92 Å². The Bertz CT molecular complexity index is 117. The van der Waals surface area contributed by atoms with Crippen LogP contribution in [-0.4, -0.2) is 37.4 Å². The van der Waals surface area contributed by atoms with Crippen LogP contribution in [0, 0.1) is 0 Å². The van der Waals surface area contributed by atoms with Crippen molar-refractivity contribution in [1.29, 1.82) is 0 Å². The van der Waals surface area contributed by atoms with Gasteiger partial charge in [0.15, 0.2) is 0 Å². The molecule has 4 heteroatoms. The van der Waals surface area contributed by atoms with Crippen molar-refractivity contribution in [2.24, 2.45) is 0 Å². The van der Waals surface area contributed by atoms with E-state index in [0.717, 1.165) is 19.4 Å². The van der Waals surface area contributed by atoms with Crippen LogP contribution < -0.4 is 5.32 Å². The number of carbonyl (C=O) groups is 2. The minimum Gasteiger partial charge on any atom is -0.357 e. The van der Waals surface area contributed by atoms with Gasteiger partial charge in [-0.15, -0.1) is 0 Å². The van der Waals surface area contributed by atoms with Gasteiger partial charge in [-0.1, -0.05) is 6.92 Å². The lowest BCUT2D eigenvalue weighted by Gasteiger charge is -2.14. The Morgan fingerprint density at radius 3 is 2.55 bits per heavy atom. The normalized spacial score (nSPS) is 8.82. The van der Waals surface area contributed by atoms with Crippen molar-refractivity contribution in [3.8, 4) is 0 Å². The first-order valence-corrected chi connectivity index (χ1v) is 3.71. The molecule has 0 aromatic heterocycles. The Balaban J connectivity index is 3.34. The largest absolute Gasteiger partial charge is 0.357 e. The molecule has 0 heterocycles. The second-order valence-electron chi connectivity index (χ2n) is 2.21. The molecule has 0 aliphatic heterocycles. The zero-order chi connectivity index (χ0) is 8.53. The molecule has 1 N–H and O–H groups in total. The number of carbonyl (C=O) groups excluding carboxylic acids is 2. The lowest BCUT2D eigenvalue weighted by Crippen LogP contribution is -2.31. The highest BCUT2D eigenvalue weighted by molar-refractivity contribution is 5.48. The molecule has 0 aliphatic carbocycles. The Hall–Kier alpha value is -1.06. The zero-order valence-electron chi connectivity index (χ0n) is 6.75. The number of hydrogen-bond donors (Lipinski definition) is 1. The summed E-state index contributed by atoms with van der Waals surface area (Å²) in [6.45, 7) is 3.88. The highest BCUT2D eigenvalue weighted by Gasteiger charge is 1.96. The standard InChI is InChI=1S/C7H14N2O2/c1-2-4-9(7-11)5-3-8-6-10/h6-7H,2-5H2,1H3,(H,8,10). The highest BCUT2D eigenvalue weighted by atomic mass is 16.1. The average Bonchev–Trinajstić information content (AvgIpc) is 2.03. The van der Waals surface area contributed by atoms with Crippen LogP contribution in [-0.2, 0) is 9.59 Å². The predicted molar refractivity (Wildman–Crippen MR) is 42.0 cm³/mol. The van der Waals surface area contributed by atoms with Crippen LogP contribution in [0.25, 0.3) is 0 Å². The zero-order valence-corrected chi connectivity index (χ0v) is 6.75. The number of amides is 2. The SMILES string of the molecule is CCCN(C=O)CCNC=O. The van der Waals surface area contributed by atoms with Gasteiger partial charge in [0.2, 0.25) is 12.8 Å². The topological polar surface area (TPSA) is 49.4 Å². The van der Waals surface area contributed by atoms with Crippen molar-refractivity contribution in [3.05, 3.63) is 0 Å². The fourth-order valence-electron chi connectivity index (χ4n) is 0.772. The first-order valence-electron chi connectivity index (χ1n) is 3.71. The number of nitrogens with zero attached hydrogens (tertiary/aromatic N) is 1. The van der Waals surface area contributed by atoms with Gasteiger partial charge in [0.25, 0.3) is 0 Å². The molecule has 0 rings (SSSR count). The maximum absolute atomic E-state index is 10.3. The number of nitrogens with one attached hydrogen (secondary N) is 1. The molecular formula is C7H14N2O2. The average molecular weight is 158 g/mol. The second kappa shape index (κ2) is 7.05. The third-order valence-electron chi connectivity index (χ3n) is 1.29. The van der Waals surface area contributed by atoms with Crippen molar-refractivity contribution in [2.45, 2.75) is 13.3 Å². The first kappa shape index (κ1) is 9.94. The highest BCUT2D eigenvalue weighted by Crippen LogP contribution is 1.84. The van der Waals surface area contributed by atoms with Gasteiger partial charge in [0, 0.05) is 19.6 Å². The first-order chi connectivity index (χ1) is 5.35. The Kier molecular flexibility index (Phi) is 6.37. The molecule has 0 aromatic rings. The van der Waals surface area contributed by atoms with Crippen LogP contribution in [0.5, 0.6) is 0 Å². The van der Waals surface area contributed by atoms with E-state index in [4.69, 9.17) is 0 Å². The van der Waals surface area contributed by atoms with Crippen LogP contribution in [0.3, 0.4) is 0 Å². The molecule has 0 aliphatic rings. The molecule has 0 radical (unpaired) electrons. The van der Waals surface area contributed by atoms with Gasteiger partial charge in [0.1, 0.15) is 0 Å². The molecule has 64 valence electrons. The molecule has 11 heavy (non-hydrogen) atoms. The Morgan fingerprint density at radius 2 is 2.09 bits per heavy atom. The van der Waals surface area contributed by atoms with Gasteiger partial charge in [-0.3, -0.25) is 9.59 Å². The fourth-order valence-corrected chi connectivity index (χ4v) is 0.772. The number of rotatable bonds is 7. The summed E-state index contributed by atoms with van der Waals surface area (Å²) in [5.74, 6) is 0. The lowest BCUT2D eigenvalue weighted by atomic mass is 10.4. The van der Waals surface area contributed by atoms with Crippen LogP contribution in [0.4, 0.5) is 0 Å². The van der Waals surface area contributed by atoms with Crippen LogP contribution >= 0.6 is 0 Å². The molecule has 0 saturated heterocycles.